The average Bonchev–Trinajstić information content (AvgIpc) is 2.49. The molecule has 2 N–H and O–H groups in total. The number of ether oxygens (including phenoxy) is 1. The Bertz CT molecular complexity index is 504. The second-order valence-electron chi connectivity index (χ2n) is 5.04. The van der Waals surface area contributed by atoms with Crippen molar-refractivity contribution in [2.24, 2.45) is 0 Å². The van der Waals surface area contributed by atoms with Gasteiger partial charge in [0, 0.05) is 11.0 Å². The van der Waals surface area contributed by atoms with E-state index in [-0.39, 0.29) is 23.6 Å². The summed E-state index contributed by atoms with van der Waals surface area (Å²) in [7, 11) is 1.65. The summed E-state index contributed by atoms with van der Waals surface area (Å²) in [4.78, 5) is 23.0. The topological polar surface area (TPSA) is 67.4 Å². The first kappa shape index (κ1) is 15.7. The molecule has 2 atom stereocenters. The molecule has 0 aromatic heterocycles. The Labute approximate surface area is 128 Å². The van der Waals surface area contributed by atoms with Gasteiger partial charge in [-0.15, -0.1) is 0 Å². The van der Waals surface area contributed by atoms with Gasteiger partial charge in [0.05, 0.1) is 13.7 Å². The van der Waals surface area contributed by atoms with Gasteiger partial charge in [0.1, 0.15) is 11.8 Å². The number of hydrogen-bond acceptors (Lipinski definition) is 4. The zero-order valence-corrected chi connectivity index (χ0v) is 13.0. The molecule has 6 heteroatoms. The van der Waals surface area contributed by atoms with Gasteiger partial charge < -0.3 is 15.4 Å². The zero-order chi connectivity index (χ0) is 15.2. The summed E-state index contributed by atoms with van der Waals surface area (Å²) in [5, 5.41) is 5.61. The maximum absolute atomic E-state index is 11.7. The molecule has 0 aliphatic carbocycles. The van der Waals surface area contributed by atoms with Gasteiger partial charge in [-0.05, 0) is 24.1 Å². The normalized spacial score (nSPS) is 19.6. The lowest BCUT2D eigenvalue weighted by molar-refractivity contribution is -0.133. The number of carbonyl (C=O) groups excluding carboxylic acids is 2. The second kappa shape index (κ2) is 7.36. The van der Waals surface area contributed by atoms with E-state index in [2.05, 4.69) is 17.6 Å². The van der Waals surface area contributed by atoms with Gasteiger partial charge in [-0.3, -0.25) is 9.59 Å². The van der Waals surface area contributed by atoms with E-state index in [0.717, 1.165) is 11.5 Å². The summed E-state index contributed by atoms with van der Waals surface area (Å²) in [6.07, 6.45) is 0.637. The maximum atomic E-state index is 11.7. The fourth-order valence-corrected chi connectivity index (χ4v) is 3.13. The molecule has 1 aliphatic rings. The first-order valence-electron chi connectivity index (χ1n) is 6.90. The van der Waals surface area contributed by atoms with E-state index in [1.807, 2.05) is 24.3 Å². The van der Waals surface area contributed by atoms with Gasteiger partial charge in [-0.25, -0.2) is 0 Å². The number of amides is 2. The van der Waals surface area contributed by atoms with Crippen LogP contribution in [0.15, 0.2) is 24.3 Å². The highest BCUT2D eigenvalue weighted by atomic mass is 32.2. The van der Waals surface area contributed by atoms with E-state index < -0.39 is 6.04 Å². The van der Waals surface area contributed by atoms with E-state index in [1.165, 1.54) is 5.56 Å². The molecule has 1 aromatic rings. The number of nitrogens with one attached hydrogen (secondary N) is 2. The number of benzene rings is 1. The third kappa shape index (κ3) is 4.67. The Morgan fingerprint density at radius 1 is 1.33 bits per heavy atom. The summed E-state index contributed by atoms with van der Waals surface area (Å²) < 4.78 is 5.13. The van der Waals surface area contributed by atoms with Crippen molar-refractivity contribution in [3.05, 3.63) is 29.8 Å². The highest BCUT2D eigenvalue weighted by molar-refractivity contribution is 7.99. The number of hydrogen-bond donors (Lipinski definition) is 2. The molecule has 1 fully saturated rings. The van der Waals surface area contributed by atoms with Gasteiger partial charge in [-0.2, -0.15) is 11.8 Å². The Balaban J connectivity index is 1.79. The van der Waals surface area contributed by atoms with Crippen LogP contribution in [0.5, 0.6) is 5.75 Å². The molecule has 0 spiro atoms. The lowest BCUT2D eigenvalue weighted by atomic mass is 10.1. The number of rotatable bonds is 6. The molecule has 2 rings (SSSR count). The number of methoxy groups -OCH3 is 1. The van der Waals surface area contributed by atoms with Crippen molar-refractivity contribution in [1.29, 1.82) is 0 Å². The molecule has 0 saturated carbocycles. The summed E-state index contributed by atoms with van der Waals surface area (Å²) in [6.45, 7) is 2.16. The highest BCUT2D eigenvalue weighted by Crippen LogP contribution is 2.23. The van der Waals surface area contributed by atoms with Crippen molar-refractivity contribution in [2.45, 2.75) is 30.4 Å². The molecule has 114 valence electrons. The van der Waals surface area contributed by atoms with Crippen LogP contribution in [0.2, 0.25) is 0 Å². The van der Waals surface area contributed by atoms with Crippen LogP contribution in [-0.2, 0) is 15.3 Å². The molecule has 1 heterocycles. The summed E-state index contributed by atoms with van der Waals surface area (Å²) in [5.41, 5.74) is 1.21. The molecule has 2 amide bonds. The molecule has 0 bridgehead atoms. The minimum atomic E-state index is -0.412. The first-order valence-corrected chi connectivity index (χ1v) is 7.95. The van der Waals surface area contributed by atoms with E-state index in [9.17, 15) is 9.59 Å². The smallest absolute Gasteiger partial charge is 0.243 e. The van der Waals surface area contributed by atoms with Gasteiger partial charge in [0.25, 0.3) is 0 Å². The largest absolute Gasteiger partial charge is 0.497 e. The van der Waals surface area contributed by atoms with E-state index in [0.29, 0.717) is 6.42 Å². The van der Waals surface area contributed by atoms with Crippen molar-refractivity contribution < 1.29 is 14.3 Å². The molecular formula is C15H20N2O3S. The summed E-state index contributed by atoms with van der Waals surface area (Å²) in [5.74, 6) is 1.50. The first-order chi connectivity index (χ1) is 10.1. The quantitative estimate of drug-likeness (QED) is 0.832. The molecule has 1 saturated heterocycles. The minimum absolute atomic E-state index is 0.0860. The molecule has 1 aromatic carbocycles. The number of thioether (sulfide) groups is 1. The third-order valence-electron chi connectivity index (χ3n) is 3.34. The monoisotopic (exact) mass is 308 g/mol. The SMILES string of the molecule is COc1ccc(CSC(C)CC2NC(=O)CNC2=O)cc1. The van der Waals surface area contributed by atoms with Crippen LogP contribution >= 0.6 is 11.8 Å². The average molecular weight is 308 g/mol. The Morgan fingerprint density at radius 2 is 2.05 bits per heavy atom. The molecule has 0 radical (unpaired) electrons. The number of carbonyl (C=O) groups is 2. The van der Waals surface area contributed by atoms with Crippen LogP contribution in [-0.4, -0.2) is 36.8 Å². The van der Waals surface area contributed by atoms with Crippen LogP contribution in [0.4, 0.5) is 0 Å². The predicted octanol–water partition coefficient (Wildman–Crippen LogP) is 1.32. The highest BCUT2D eigenvalue weighted by Gasteiger charge is 2.27. The maximum Gasteiger partial charge on any atom is 0.243 e. The Kier molecular flexibility index (Phi) is 5.50. The van der Waals surface area contributed by atoms with Gasteiger partial charge in [0.2, 0.25) is 11.8 Å². The van der Waals surface area contributed by atoms with E-state index in [1.54, 1.807) is 18.9 Å². The summed E-state index contributed by atoms with van der Waals surface area (Å²) >= 11 is 1.77. The van der Waals surface area contributed by atoms with Gasteiger partial charge >= 0.3 is 0 Å². The van der Waals surface area contributed by atoms with E-state index in [4.69, 9.17) is 4.74 Å². The van der Waals surface area contributed by atoms with Crippen LogP contribution < -0.4 is 15.4 Å². The van der Waals surface area contributed by atoms with Crippen molar-refractivity contribution in [1.82, 2.24) is 10.6 Å². The molecular weight excluding hydrogens is 288 g/mol. The molecule has 5 nitrogen and oxygen atoms in total. The molecule has 21 heavy (non-hydrogen) atoms. The van der Waals surface area contributed by atoms with Crippen molar-refractivity contribution in [2.75, 3.05) is 13.7 Å². The van der Waals surface area contributed by atoms with Crippen molar-refractivity contribution in [3.8, 4) is 5.75 Å². The fourth-order valence-electron chi connectivity index (χ4n) is 2.13. The van der Waals surface area contributed by atoms with Crippen LogP contribution in [0.1, 0.15) is 18.9 Å². The van der Waals surface area contributed by atoms with Crippen molar-refractivity contribution >= 4 is 23.6 Å². The van der Waals surface area contributed by atoms with Crippen molar-refractivity contribution in [3.63, 3.8) is 0 Å². The molecule has 2 unspecified atom stereocenters. The Hall–Kier alpha value is -1.69. The minimum Gasteiger partial charge on any atom is -0.497 e. The molecule has 1 aliphatic heterocycles. The van der Waals surface area contributed by atoms with Crippen LogP contribution in [0.3, 0.4) is 0 Å². The lowest BCUT2D eigenvalue weighted by Crippen LogP contribution is -2.56. The summed E-state index contributed by atoms with van der Waals surface area (Å²) in [6, 6.07) is 7.54. The van der Waals surface area contributed by atoms with Gasteiger partial charge in [-0.1, -0.05) is 19.1 Å². The third-order valence-corrected chi connectivity index (χ3v) is 4.60. The standard InChI is InChI=1S/C15H20N2O3S/c1-10(7-13-15(19)16-8-14(18)17-13)21-9-11-3-5-12(20-2)6-4-11/h3-6,10,13H,7-9H2,1-2H3,(H,16,19)(H,17,18). The zero-order valence-electron chi connectivity index (χ0n) is 12.2. The fraction of sp³-hybridized carbons (Fsp3) is 0.467. The lowest BCUT2D eigenvalue weighted by Gasteiger charge is -2.25. The number of piperazine rings is 1. The predicted molar refractivity (Wildman–Crippen MR) is 83.3 cm³/mol. The van der Waals surface area contributed by atoms with Crippen LogP contribution in [0, 0.1) is 0 Å². The van der Waals surface area contributed by atoms with E-state index >= 15 is 0 Å². The van der Waals surface area contributed by atoms with Crippen LogP contribution in [0.25, 0.3) is 0 Å². The van der Waals surface area contributed by atoms with Gasteiger partial charge in [0.15, 0.2) is 0 Å². The Morgan fingerprint density at radius 3 is 2.71 bits per heavy atom. The second-order valence-corrected chi connectivity index (χ2v) is 6.47.